The lowest BCUT2D eigenvalue weighted by Crippen LogP contribution is -2.30. The van der Waals surface area contributed by atoms with Gasteiger partial charge in [0.15, 0.2) is 0 Å². The zero-order valence-corrected chi connectivity index (χ0v) is 16.3. The van der Waals surface area contributed by atoms with E-state index in [1.165, 1.54) is 4.90 Å². The normalized spacial score (nSPS) is 21.6. The molecular weight excluding hydrogens is 376 g/mol. The number of anilines is 2. The van der Waals surface area contributed by atoms with Crippen molar-refractivity contribution in [2.75, 3.05) is 10.2 Å². The van der Waals surface area contributed by atoms with E-state index in [0.29, 0.717) is 22.0 Å². The van der Waals surface area contributed by atoms with Crippen LogP contribution in [0.3, 0.4) is 0 Å². The van der Waals surface area contributed by atoms with Crippen LogP contribution in [-0.2, 0) is 9.59 Å². The van der Waals surface area contributed by atoms with E-state index in [0.717, 1.165) is 31.2 Å². The summed E-state index contributed by atoms with van der Waals surface area (Å²) >= 11 is 6.10. The molecule has 1 saturated heterocycles. The largest absolute Gasteiger partial charge is 0.322 e. The van der Waals surface area contributed by atoms with E-state index in [1.807, 2.05) is 6.92 Å². The molecule has 1 saturated carbocycles. The lowest BCUT2D eigenvalue weighted by Gasteiger charge is -2.19. The summed E-state index contributed by atoms with van der Waals surface area (Å²) in [5.74, 6) is -0.863. The minimum Gasteiger partial charge on any atom is -0.322 e. The highest BCUT2D eigenvalue weighted by molar-refractivity contribution is 6.31. The summed E-state index contributed by atoms with van der Waals surface area (Å²) in [6.07, 6.45) is 3.56. The highest BCUT2D eigenvalue weighted by Crippen LogP contribution is 2.40. The SMILES string of the molecule is Cc1c(Cl)cccc1NC(=O)c1ccc(N2C(=O)[C@H]3CCCC[C@H]3C2=O)cc1. The van der Waals surface area contributed by atoms with Gasteiger partial charge in [-0.05, 0) is 61.7 Å². The summed E-state index contributed by atoms with van der Waals surface area (Å²) in [4.78, 5) is 39.2. The number of carbonyl (C=O) groups excluding carboxylic acids is 3. The van der Waals surface area contributed by atoms with Crippen LogP contribution in [0.4, 0.5) is 11.4 Å². The molecule has 0 radical (unpaired) electrons. The predicted octanol–water partition coefficient (Wildman–Crippen LogP) is 4.58. The van der Waals surface area contributed by atoms with Crippen LogP contribution in [-0.4, -0.2) is 17.7 Å². The maximum Gasteiger partial charge on any atom is 0.255 e. The molecule has 2 aliphatic rings. The first-order valence-corrected chi connectivity index (χ1v) is 9.89. The van der Waals surface area contributed by atoms with Crippen LogP contribution in [0.5, 0.6) is 0 Å². The van der Waals surface area contributed by atoms with E-state index in [1.54, 1.807) is 42.5 Å². The van der Waals surface area contributed by atoms with Gasteiger partial charge in [-0.3, -0.25) is 19.3 Å². The van der Waals surface area contributed by atoms with Crippen molar-refractivity contribution in [3.63, 3.8) is 0 Å². The summed E-state index contributed by atoms with van der Waals surface area (Å²) in [7, 11) is 0. The molecule has 0 unspecified atom stereocenters. The van der Waals surface area contributed by atoms with Gasteiger partial charge in [-0.2, -0.15) is 0 Å². The summed E-state index contributed by atoms with van der Waals surface area (Å²) in [5, 5.41) is 3.43. The van der Waals surface area contributed by atoms with Crippen LogP contribution in [0, 0.1) is 18.8 Å². The lowest BCUT2D eigenvalue weighted by atomic mass is 9.81. The number of carbonyl (C=O) groups is 3. The minimum absolute atomic E-state index is 0.110. The van der Waals surface area contributed by atoms with Gasteiger partial charge in [0.1, 0.15) is 0 Å². The van der Waals surface area contributed by atoms with Gasteiger partial charge in [-0.1, -0.05) is 30.5 Å². The molecular formula is C22H21ClN2O3. The molecule has 4 rings (SSSR count). The summed E-state index contributed by atoms with van der Waals surface area (Å²) in [6.45, 7) is 1.84. The Morgan fingerprint density at radius 2 is 1.61 bits per heavy atom. The molecule has 1 aliphatic heterocycles. The third kappa shape index (κ3) is 3.20. The summed E-state index contributed by atoms with van der Waals surface area (Å²) < 4.78 is 0. The number of benzene rings is 2. The van der Waals surface area contributed by atoms with Crippen molar-refractivity contribution in [1.29, 1.82) is 0 Å². The summed E-state index contributed by atoms with van der Waals surface area (Å²) in [5.41, 5.74) is 2.42. The second kappa shape index (κ2) is 7.40. The maximum atomic E-state index is 12.7. The van der Waals surface area contributed by atoms with Crippen molar-refractivity contribution >= 4 is 40.7 Å². The first kappa shape index (κ1) is 18.7. The Balaban J connectivity index is 1.52. The van der Waals surface area contributed by atoms with E-state index < -0.39 is 0 Å². The molecule has 0 aromatic heterocycles. The molecule has 1 aliphatic carbocycles. The van der Waals surface area contributed by atoms with E-state index >= 15 is 0 Å². The molecule has 2 fully saturated rings. The van der Waals surface area contributed by atoms with Crippen molar-refractivity contribution in [1.82, 2.24) is 0 Å². The van der Waals surface area contributed by atoms with Gasteiger partial charge >= 0.3 is 0 Å². The molecule has 144 valence electrons. The first-order valence-electron chi connectivity index (χ1n) is 9.51. The molecule has 0 bridgehead atoms. The van der Waals surface area contributed by atoms with Gasteiger partial charge in [0.25, 0.3) is 5.91 Å². The fraction of sp³-hybridized carbons (Fsp3) is 0.318. The van der Waals surface area contributed by atoms with Gasteiger partial charge in [-0.15, -0.1) is 0 Å². The van der Waals surface area contributed by atoms with E-state index in [2.05, 4.69) is 5.32 Å². The Bertz CT molecular complexity index is 931. The monoisotopic (exact) mass is 396 g/mol. The standard InChI is InChI=1S/C22H21ClN2O3/c1-13-18(23)7-4-8-19(13)24-20(26)14-9-11-15(12-10-14)25-21(27)16-5-2-3-6-17(16)22(25)28/h4,7-12,16-17H,2-3,5-6H2,1H3,(H,24,26)/t16-,17+. The van der Waals surface area contributed by atoms with Crippen LogP contribution in [0.25, 0.3) is 0 Å². The average molecular weight is 397 g/mol. The quantitative estimate of drug-likeness (QED) is 0.772. The molecule has 3 amide bonds. The Kier molecular flexibility index (Phi) is 4.94. The molecule has 0 spiro atoms. The number of hydrogen-bond donors (Lipinski definition) is 1. The third-order valence-corrected chi connectivity index (χ3v) is 6.15. The fourth-order valence-corrected chi connectivity index (χ4v) is 4.29. The predicted molar refractivity (Wildman–Crippen MR) is 109 cm³/mol. The number of imide groups is 1. The molecule has 1 heterocycles. The molecule has 1 N–H and O–H groups in total. The Hall–Kier alpha value is -2.66. The number of amides is 3. The second-order valence-corrected chi connectivity index (χ2v) is 7.83. The number of hydrogen-bond acceptors (Lipinski definition) is 3. The van der Waals surface area contributed by atoms with Gasteiger partial charge in [-0.25, -0.2) is 0 Å². The smallest absolute Gasteiger partial charge is 0.255 e. The fourth-order valence-electron chi connectivity index (χ4n) is 4.12. The molecule has 5 nitrogen and oxygen atoms in total. The van der Waals surface area contributed by atoms with Crippen LogP contribution >= 0.6 is 11.6 Å². The minimum atomic E-state index is -0.273. The van der Waals surface area contributed by atoms with E-state index in [-0.39, 0.29) is 29.6 Å². The van der Waals surface area contributed by atoms with Crippen LogP contribution in [0.15, 0.2) is 42.5 Å². The highest BCUT2D eigenvalue weighted by atomic mass is 35.5. The van der Waals surface area contributed by atoms with Crippen molar-refractivity contribution < 1.29 is 14.4 Å². The van der Waals surface area contributed by atoms with Gasteiger partial charge in [0.05, 0.1) is 17.5 Å². The molecule has 28 heavy (non-hydrogen) atoms. The highest BCUT2D eigenvalue weighted by Gasteiger charge is 2.48. The molecule has 2 atom stereocenters. The van der Waals surface area contributed by atoms with Crippen molar-refractivity contribution in [2.24, 2.45) is 11.8 Å². The van der Waals surface area contributed by atoms with Gasteiger partial charge in [0.2, 0.25) is 11.8 Å². The molecule has 6 heteroatoms. The zero-order valence-electron chi connectivity index (χ0n) is 15.6. The molecule has 2 aromatic carbocycles. The Morgan fingerprint density at radius 1 is 1.00 bits per heavy atom. The Morgan fingerprint density at radius 3 is 2.21 bits per heavy atom. The van der Waals surface area contributed by atoms with Crippen LogP contribution in [0.1, 0.15) is 41.6 Å². The average Bonchev–Trinajstić information content (AvgIpc) is 2.96. The number of halogens is 1. The van der Waals surface area contributed by atoms with Gasteiger partial charge in [0, 0.05) is 16.3 Å². The first-order chi connectivity index (χ1) is 13.5. The second-order valence-electron chi connectivity index (χ2n) is 7.42. The van der Waals surface area contributed by atoms with Crippen LogP contribution in [0.2, 0.25) is 5.02 Å². The lowest BCUT2D eigenvalue weighted by molar-refractivity contribution is -0.122. The number of nitrogens with zero attached hydrogens (tertiary/aromatic N) is 1. The van der Waals surface area contributed by atoms with Crippen molar-refractivity contribution in [2.45, 2.75) is 32.6 Å². The molecule has 2 aromatic rings. The number of rotatable bonds is 3. The number of nitrogens with one attached hydrogen (secondary N) is 1. The Labute approximate surface area is 168 Å². The number of fused-ring (bicyclic) bond motifs is 1. The topological polar surface area (TPSA) is 66.5 Å². The van der Waals surface area contributed by atoms with E-state index in [9.17, 15) is 14.4 Å². The zero-order chi connectivity index (χ0) is 19.8. The van der Waals surface area contributed by atoms with Crippen LogP contribution < -0.4 is 10.2 Å². The summed E-state index contributed by atoms with van der Waals surface area (Å²) in [6, 6.07) is 11.9. The third-order valence-electron chi connectivity index (χ3n) is 5.74. The van der Waals surface area contributed by atoms with Crippen molar-refractivity contribution in [3.8, 4) is 0 Å². The van der Waals surface area contributed by atoms with Gasteiger partial charge < -0.3 is 5.32 Å². The maximum absolute atomic E-state index is 12.7. The van der Waals surface area contributed by atoms with E-state index in [4.69, 9.17) is 11.6 Å². The van der Waals surface area contributed by atoms with Crippen molar-refractivity contribution in [3.05, 3.63) is 58.6 Å².